The van der Waals surface area contributed by atoms with E-state index in [1.54, 1.807) is 44.3 Å². The van der Waals surface area contributed by atoms with E-state index in [9.17, 15) is 33.6 Å². The summed E-state index contributed by atoms with van der Waals surface area (Å²) in [5, 5.41) is 10.4. The summed E-state index contributed by atoms with van der Waals surface area (Å²) in [6.45, 7) is 5.20. The molecule has 0 spiro atoms. The van der Waals surface area contributed by atoms with Crippen LogP contribution in [0.2, 0.25) is 0 Å². The van der Waals surface area contributed by atoms with Gasteiger partial charge in [-0.15, -0.1) is 0 Å². The van der Waals surface area contributed by atoms with Crippen LogP contribution in [0.1, 0.15) is 82.9 Å². The van der Waals surface area contributed by atoms with Crippen molar-refractivity contribution < 1.29 is 38.1 Å². The van der Waals surface area contributed by atoms with Gasteiger partial charge < -0.3 is 30.7 Å². The summed E-state index contributed by atoms with van der Waals surface area (Å²) < 4.78 is 4.71. The van der Waals surface area contributed by atoms with Crippen molar-refractivity contribution in [2.45, 2.75) is 96.4 Å². The Hall–Kier alpha value is -4.68. The minimum absolute atomic E-state index is 0.000674. The van der Waals surface area contributed by atoms with Crippen molar-refractivity contribution in [3.05, 3.63) is 71.8 Å². The first-order valence-corrected chi connectivity index (χ1v) is 18.8. The molecule has 2 fully saturated rings. The lowest BCUT2D eigenvalue weighted by molar-refractivity contribution is -0.142. The minimum atomic E-state index is -1.29. The molecular formula is C38H53N6O8P. The Labute approximate surface area is 313 Å². The first kappa shape index (κ1) is 42.7. The minimum Gasteiger partial charge on any atom is -0.450 e. The quantitative estimate of drug-likeness (QED) is 0.148. The first-order valence-electron chi connectivity index (χ1n) is 18.3. The molecule has 4 rings (SSSR count). The third kappa shape index (κ3) is 11.7. The molecule has 2 aromatic rings. The third-order valence-electron chi connectivity index (χ3n) is 9.27. The topological polar surface area (TPSA) is 183 Å². The molecule has 53 heavy (non-hydrogen) atoms. The van der Waals surface area contributed by atoms with Gasteiger partial charge in [0.1, 0.15) is 6.04 Å². The highest BCUT2D eigenvalue weighted by Gasteiger charge is 2.48. The summed E-state index contributed by atoms with van der Waals surface area (Å²) in [5.74, 6) is -4.89. The van der Waals surface area contributed by atoms with E-state index in [0.717, 1.165) is 42.6 Å². The molecule has 15 heteroatoms. The molecule has 5 atom stereocenters. The fourth-order valence-electron chi connectivity index (χ4n) is 6.65. The standard InChI is InChI=1S/C36H47N6O8P.C2H6/c1-3-13-26(31(44)33(46)38-20-28(43)40-30(35(48)50-51)25-18-11-6-12-19-25)39-32(45)27-22-41(21-23-14-7-4-8-15-23)36(49)42(27)34(47)29(37-2)24-16-9-5-10-17-24;1-2/h4,6-8,11-12,14-15,18-19,24,26-27,29-30,37H,3,5,9-10,13,16-17,20-22,51H2,1-2H3,(H,38,46)(H,39,45)(H,40,43);1-2H3. The van der Waals surface area contributed by atoms with Crippen molar-refractivity contribution in [2.75, 3.05) is 20.1 Å². The van der Waals surface area contributed by atoms with E-state index in [1.165, 1.54) is 4.90 Å². The summed E-state index contributed by atoms with van der Waals surface area (Å²) in [5.41, 5.74) is 1.27. The number of likely N-dealkylation sites (N-methyl/N-ethyl adjacent to an activating group) is 1. The van der Waals surface area contributed by atoms with Crippen LogP contribution in [0, 0.1) is 5.92 Å². The van der Waals surface area contributed by atoms with Gasteiger partial charge in [0.2, 0.25) is 23.5 Å². The van der Waals surface area contributed by atoms with Crippen LogP contribution in [0.25, 0.3) is 0 Å². The molecule has 6 amide bonds. The molecule has 1 saturated heterocycles. The Kier molecular flexibility index (Phi) is 17.5. The van der Waals surface area contributed by atoms with E-state index in [4.69, 9.17) is 4.52 Å². The van der Waals surface area contributed by atoms with Crippen LogP contribution in [0.3, 0.4) is 0 Å². The van der Waals surface area contributed by atoms with Gasteiger partial charge in [-0.1, -0.05) is 107 Å². The summed E-state index contributed by atoms with van der Waals surface area (Å²) in [6, 6.07) is 12.6. The number of ketones is 1. The average Bonchev–Trinajstić information content (AvgIpc) is 3.52. The molecule has 2 aromatic carbocycles. The highest BCUT2D eigenvalue weighted by Crippen LogP contribution is 2.29. The van der Waals surface area contributed by atoms with Crippen molar-refractivity contribution in [1.29, 1.82) is 0 Å². The highest BCUT2D eigenvalue weighted by molar-refractivity contribution is 7.10. The Bertz CT molecular complexity index is 1560. The first-order chi connectivity index (χ1) is 25.6. The SMILES string of the molecule is CC.CCCC(NC(=O)C1CN(Cc2ccccc2)C(=O)N1C(=O)C(NC)C1CCCCC1)C(=O)C(=O)NCC(=O)NC(C(=O)OP)c1ccccc1. The summed E-state index contributed by atoms with van der Waals surface area (Å²) in [6.07, 6.45) is 5.15. The summed E-state index contributed by atoms with van der Waals surface area (Å²) in [7, 11) is 3.49. The van der Waals surface area contributed by atoms with Crippen molar-refractivity contribution in [2.24, 2.45) is 5.92 Å². The Morgan fingerprint density at radius 3 is 2.11 bits per heavy atom. The monoisotopic (exact) mass is 752 g/mol. The molecule has 0 aromatic heterocycles. The zero-order valence-electron chi connectivity index (χ0n) is 31.0. The largest absolute Gasteiger partial charge is 0.450 e. The number of Topliss-reactive ketones (excluding diaryl/α,β-unsaturated/α-hetero) is 1. The van der Waals surface area contributed by atoms with Crippen LogP contribution in [0.5, 0.6) is 0 Å². The van der Waals surface area contributed by atoms with Gasteiger partial charge in [0.15, 0.2) is 6.04 Å². The molecule has 1 saturated carbocycles. The van der Waals surface area contributed by atoms with Crippen molar-refractivity contribution in [3.8, 4) is 0 Å². The number of carbonyl (C=O) groups excluding carboxylic acids is 7. The Morgan fingerprint density at radius 1 is 0.906 bits per heavy atom. The van der Waals surface area contributed by atoms with Crippen LogP contribution in [0.15, 0.2) is 60.7 Å². The van der Waals surface area contributed by atoms with Gasteiger partial charge in [-0.05, 0) is 43.4 Å². The molecular weight excluding hydrogens is 699 g/mol. The van der Waals surface area contributed by atoms with Crippen LogP contribution in [-0.4, -0.2) is 89.5 Å². The molecule has 1 heterocycles. The molecule has 1 aliphatic heterocycles. The number of hydrogen-bond donors (Lipinski definition) is 4. The lowest BCUT2D eigenvalue weighted by Gasteiger charge is -2.32. The number of rotatable bonds is 16. The Balaban J connectivity index is 0.00000372. The van der Waals surface area contributed by atoms with Gasteiger partial charge in [-0.25, -0.2) is 14.5 Å². The highest BCUT2D eigenvalue weighted by atomic mass is 31.0. The maximum atomic E-state index is 14.1. The lowest BCUT2D eigenvalue weighted by atomic mass is 9.83. The number of carbonyl (C=O) groups is 7. The number of imide groups is 1. The van der Waals surface area contributed by atoms with E-state index >= 15 is 0 Å². The smallest absolute Gasteiger partial charge is 0.335 e. The number of hydrogen-bond acceptors (Lipinski definition) is 9. The van der Waals surface area contributed by atoms with E-state index in [0.29, 0.717) is 12.0 Å². The molecule has 5 unspecified atom stereocenters. The van der Waals surface area contributed by atoms with Crippen molar-refractivity contribution in [1.82, 2.24) is 31.1 Å². The van der Waals surface area contributed by atoms with Crippen LogP contribution in [0.4, 0.5) is 4.79 Å². The lowest BCUT2D eigenvalue weighted by Crippen LogP contribution is -2.58. The number of benzene rings is 2. The van der Waals surface area contributed by atoms with Crippen molar-refractivity contribution in [3.63, 3.8) is 0 Å². The van der Waals surface area contributed by atoms with Crippen LogP contribution < -0.4 is 21.3 Å². The molecule has 2 aliphatic rings. The second kappa shape index (κ2) is 21.8. The molecule has 0 bridgehead atoms. The molecule has 288 valence electrons. The van der Waals surface area contributed by atoms with Gasteiger partial charge in [0, 0.05) is 6.54 Å². The molecule has 1 aliphatic carbocycles. The molecule has 0 radical (unpaired) electrons. The van der Waals surface area contributed by atoms with Gasteiger partial charge in [0.25, 0.3) is 5.91 Å². The number of nitrogens with zero attached hydrogens (tertiary/aromatic N) is 2. The van der Waals surface area contributed by atoms with E-state index < -0.39 is 72.1 Å². The maximum Gasteiger partial charge on any atom is 0.335 e. The van der Waals surface area contributed by atoms with Crippen molar-refractivity contribution >= 4 is 50.9 Å². The number of nitrogens with one attached hydrogen (secondary N) is 4. The van der Waals surface area contributed by atoms with Crippen LogP contribution >= 0.6 is 9.47 Å². The van der Waals surface area contributed by atoms with Gasteiger partial charge >= 0.3 is 12.0 Å². The third-order valence-corrected chi connectivity index (χ3v) is 9.50. The fourth-order valence-corrected chi connectivity index (χ4v) is 6.79. The zero-order valence-corrected chi connectivity index (χ0v) is 32.1. The molecule has 4 N–H and O–H groups in total. The van der Waals surface area contributed by atoms with E-state index in [-0.39, 0.29) is 25.4 Å². The fraction of sp³-hybridized carbons (Fsp3) is 0.500. The van der Waals surface area contributed by atoms with E-state index in [2.05, 4.69) is 21.3 Å². The summed E-state index contributed by atoms with van der Waals surface area (Å²) >= 11 is 0. The van der Waals surface area contributed by atoms with Gasteiger partial charge in [-0.2, -0.15) is 0 Å². The predicted octanol–water partition coefficient (Wildman–Crippen LogP) is 3.17. The summed E-state index contributed by atoms with van der Waals surface area (Å²) in [4.78, 5) is 95.6. The second-order valence-electron chi connectivity index (χ2n) is 12.8. The van der Waals surface area contributed by atoms with Crippen LogP contribution in [-0.2, 0) is 39.8 Å². The van der Waals surface area contributed by atoms with Gasteiger partial charge in [-0.3, -0.25) is 24.0 Å². The van der Waals surface area contributed by atoms with Gasteiger partial charge in [0.05, 0.1) is 34.6 Å². The zero-order chi connectivity index (χ0) is 38.9. The second-order valence-corrected chi connectivity index (χ2v) is 13.0. The normalized spacial score (nSPS) is 17.4. The average molecular weight is 753 g/mol. The molecule has 14 nitrogen and oxygen atoms in total. The predicted molar refractivity (Wildman–Crippen MR) is 202 cm³/mol. The number of amides is 6. The number of urea groups is 1. The van der Waals surface area contributed by atoms with E-state index in [1.807, 2.05) is 53.6 Å². The maximum absolute atomic E-state index is 14.1. The Morgan fingerprint density at radius 2 is 1.53 bits per heavy atom.